The van der Waals surface area contributed by atoms with Crippen LogP contribution in [0.1, 0.15) is 40.4 Å². The predicted molar refractivity (Wildman–Crippen MR) is 114 cm³/mol. The Morgan fingerprint density at radius 2 is 1.76 bits per heavy atom. The molecule has 6 heteroatoms. The highest BCUT2D eigenvalue weighted by Crippen LogP contribution is 2.31. The third kappa shape index (κ3) is 3.69. The van der Waals surface area contributed by atoms with Crippen LogP contribution in [0, 0.1) is 0 Å². The summed E-state index contributed by atoms with van der Waals surface area (Å²) in [6.45, 7) is 1.95. The fraction of sp³-hybridized carbons (Fsp3) is 0.130. The summed E-state index contributed by atoms with van der Waals surface area (Å²) in [5.74, 6) is -1.10. The molecule has 1 aliphatic heterocycles. The number of pyridine rings is 1. The number of carbonyl (C=O) groups excluding carboxylic acids is 2. The van der Waals surface area contributed by atoms with Crippen LogP contribution >= 0.6 is 11.6 Å². The lowest BCUT2D eigenvalue weighted by Gasteiger charge is -2.30. The lowest BCUT2D eigenvalue weighted by Crippen LogP contribution is -2.46. The third-order valence-electron chi connectivity index (χ3n) is 4.91. The van der Waals surface area contributed by atoms with E-state index in [4.69, 9.17) is 11.6 Å². The molecule has 5 nitrogen and oxygen atoms in total. The van der Waals surface area contributed by atoms with E-state index in [1.165, 1.54) is 0 Å². The molecule has 3 aromatic rings. The summed E-state index contributed by atoms with van der Waals surface area (Å²) in [5.41, 5.74) is 2.12. The first-order valence-corrected chi connectivity index (χ1v) is 9.61. The highest BCUT2D eigenvalue weighted by molar-refractivity contribution is 6.30. The molecule has 4 rings (SSSR count). The summed E-state index contributed by atoms with van der Waals surface area (Å²) in [6, 6.07) is 19.5. The maximum atomic E-state index is 13.2. The number of halogens is 1. The minimum atomic E-state index is -0.666. The summed E-state index contributed by atoms with van der Waals surface area (Å²) in [6.07, 6.45) is 3.19. The van der Waals surface area contributed by atoms with Crippen LogP contribution < -0.4 is 4.90 Å². The van der Waals surface area contributed by atoms with Crippen LogP contribution in [0.25, 0.3) is 0 Å². The van der Waals surface area contributed by atoms with Gasteiger partial charge in [-0.1, -0.05) is 48.0 Å². The van der Waals surface area contributed by atoms with E-state index >= 15 is 0 Å². The number of hydrogen-bond acceptors (Lipinski definition) is 4. The topological polar surface area (TPSA) is 62.6 Å². The maximum Gasteiger partial charge on any atom is 0.266 e. The van der Waals surface area contributed by atoms with Crippen molar-refractivity contribution in [2.24, 2.45) is 4.99 Å². The van der Waals surface area contributed by atoms with Crippen LogP contribution in [-0.2, 0) is 4.79 Å². The average Bonchev–Trinajstić information content (AvgIpc) is 2.75. The SMILES string of the molecule is C[C@H](N=CC1C(=O)N(c2ccccn2)C(=O)c2ccccc21)c1ccc(Cl)cc1. The first-order chi connectivity index (χ1) is 14.1. The van der Waals surface area contributed by atoms with Crippen molar-refractivity contribution < 1.29 is 9.59 Å². The van der Waals surface area contributed by atoms with Crippen molar-refractivity contribution in [3.63, 3.8) is 0 Å². The molecule has 0 saturated heterocycles. The van der Waals surface area contributed by atoms with Crippen LogP contribution in [0.2, 0.25) is 5.02 Å². The standard InChI is InChI=1S/C23H18ClN3O2/c1-15(16-9-11-17(24)12-10-16)26-14-20-18-6-2-3-7-19(18)22(28)27(23(20)29)21-8-4-5-13-25-21/h2-15,20H,1H3/t15-,20?/m0/s1. The number of anilines is 1. The lowest BCUT2D eigenvalue weighted by molar-refractivity contribution is -0.118. The largest absolute Gasteiger partial charge is 0.289 e. The number of fused-ring (bicyclic) bond motifs is 1. The second-order valence-corrected chi connectivity index (χ2v) is 7.19. The molecule has 1 unspecified atom stereocenters. The van der Waals surface area contributed by atoms with Crippen molar-refractivity contribution in [3.05, 3.63) is 94.6 Å². The molecular weight excluding hydrogens is 386 g/mol. The summed E-state index contributed by atoms with van der Waals surface area (Å²) in [4.78, 5) is 36.1. The van der Waals surface area contributed by atoms with Gasteiger partial charge in [0.25, 0.3) is 5.91 Å². The van der Waals surface area contributed by atoms with Crippen molar-refractivity contribution in [3.8, 4) is 0 Å². The molecular formula is C23H18ClN3O2. The molecule has 29 heavy (non-hydrogen) atoms. The number of hydrogen-bond donors (Lipinski definition) is 0. The van der Waals surface area contributed by atoms with Crippen LogP contribution in [0.15, 0.2) is 77.9 Å². The summed E-state index contributed by atoms with van der Waals surface area (Å²) >= 11 is 5.95. The Morgan fingerprint density at radius 3 is 2.48 bits per heavy atom. The molecule has 2 amide bonds. The number of benzene rings is 2. The Kier molecular flexibility index (Phi) is 5.23. The Balaban J connectivity index is 1.71. The minimum Gasteiger partial charge on any atom is -0.289 e. The molecule has 0 spiro atoms. The van der Waals surface area contributed by atoms with Crippen molar-refractivity contribution in [1.29, 1.82) is 0 Å². The number of nitrogens with zero attached hydrogens (tertiary/aromatic N) is 3. The smallest absolute Gasteiger partial charge is 0.266 e. The van der Waals surface area contributed by atoms with Gasteiger partial charge in [0.05, 0.1) is 12.0 Å². The zero-order valence-corrected chi connectivity index (χ0v) is 16.5. The quantitative estimate of drug-likeness (QED) is 0.462. The first-order valence-electron chi connectivity index (χ1n) is 9.23. The molecule has 1 aliphatic rings. The van der Waals surface area contributed by atoms with Crippen LogP contribution in [0.5, 0.6) is 0 Å². The number of rotatable bonds is 4. The van der Waals surface area contributed by atoms with Gasteiger partial charge in [0, 0.05) is 23.0 Å². The van der Waals surface area contributed by atoms with Crippen molar-refractivity contribution >= 4 is 35.4 Å². The van der Waals surface area contributed by atoms with Crippen molar-refractivity contribution in [2.45, 2.75) is 18.9 Å². The minimum absolute atomic E-state index is 0.159. The summed E-state index contributed by atoms with van der Waals surface area (Å²) in [7, 11) is 0. The number of carbonyl (C=O) groups is 2. The third-order valence-corrected chi connectivity index (χ3v) is 5.16. The molecule has 0 bridgehead atoms. The van der Waals surface area contributed by atoms with Gasteiger partial charge >= 0.3 is 0 Å². The van der Waals surface area contributed by atoms with Gasteiger partial charge in [-0.15, -0.1) is 0 Å². The van der Waals surface area contributed by atoms with Gasteiger partial charge in [-0.2, -0.15) is 0 Å². The zero-order chi connectivity index (χ0) is 20.4. The van der Waals surface area contributed by atoms with E-state index < -0.39 is 5.92 Å². The Labute approximate surface area is 173 Å². The highest BCUT2D eigenvalue weighted by atomic mass is 35.5. The van der Waals surface area contributed by atoms with Gasteiger partial charge in [0.2, 0.25) is 5.91 Å². The highest BCUT2D eigenvalue weighted by Gasteiger charge is 2.39. The van der Waals surface area contributed by atoms with E-state index in [9.17, 15) is 9.59 Å². The number of aromatic nitrogens is 1. The van der Waals surface area contributed by atoms with E-state index in [2.05, 4.69) is 9.98 Å². The second kappa shape index (κ2) is 7.97. The van der Waals surface area contributed by atoms with E-state index in [0.29, 0.717) is 22.0 Å². The van der Waals surface area contributed by atoms with Gasteiger partial charge in [0.1, 0.15) is 5.82 Å². The monoisotopic (exact) mass is 403 g/mol. The van der Waals surface area contributed by atoms with Gasteiger partial charge in [-0.25, -0.2) is 9.88 Å². The van der Waals surface area contributed by atoms with E-state index in [-0.39, 0.29) is 17.9 Å². The number of aliphatic imine (C=N–C) groups is 1. The maximum absolute atomic E-state index is 13.2. The summed E-state index contributed by atoms with van der Waals surface area (Å²) in [5, 5.41) is 0.658. The van der Waals surface area contributed by atoms with E-state index in [1.807, 2.05) is 37.3 Å². The molecule has 0 aliphatic carbocycles. The van der Waals surface area contributed by atoms with Gasteiger partial charge in [0.15, 0.2) is 0 Å². The van der Waals surface area contributed by atoms with Crippen molar-refractivity contribution in [1.82, 2.24) is 4.98 Å². The van der Waals surface area contributed by atoms with Crippen LogP contribution in [-0.4, -0.2) is 23.0 Å². The Bertz CT molecular complexity index is 1080. The molecule has 2 aromatic carbocycles. The molecule has 0 radical (unpaired) electrons. The first kappa shape index (κ1) is 19.0. The molecule has 0 fully saturated rings. The van der Waals surface area contributed by atoms with Crippen LogP contribution in [0.4, 0.5) is 5.82 Å². The molecule has 2 heterocycles. The van der Waals surface area contributed by atoms with Gasteiger partial charge in [-0.05, 0) is 48.4 Å². The number of amides is 2. The van der Waals surface area contributed by atoms with Gasteiger partial charge < -0.3 is 0 Å². The Morgan fingerprint density at radius 1 is 1.03 bits per heavy atom. The lowest BCUT2D eigenvalue weighted by atomic mass is 9.89. The normalized spacial score (nSPS) is 17.4. The predicted octanol–water partition coefficient (Wildman–Crippen LogP) is 4.84. The average molecular weight is 404 g/mol. The summed E-state index contributed by atoms with van der Waals surface area (Å²) < 4.78 is 0. The molecule has 2 atom stereocenters. The molecule has 144 valence electrons. The zero-order valence-electron chi connectivity index (χ0n) is 15.7. The van der Waals surface area contributed by atoms with Crippen LogP contribution in [0.3, 0.4) is 0 Å². The van der Waals surface area contributed by atoms with Crippen molar-refractivity contribution in [2.75, 3.05) is 4.90 Å². The Hall–Kier alpha value is -3.31. The second-order valence-electron chi connectivity index (χ2n) is 6.76. The molecule has 0 saturated carbocycles. The van der Waals surface area contributed by atoms with E-state index in [0.717, 1.165) is 10.5 Å². The fourth-order valence-electron chi connectivity index (χ4n) is 3.35. The fourth-order valence-corrected chi connectivity index (χ4v) is 3.47. The van der Waals surface area contributed by atoms with Gasteiger partial charge in [-0.3, -0.25) is 14.6 Å². The molecule has 0 N–H and O–H groups in total. The molecule has 1 aromatic heterocycles. The van der Waals surface area contributed by atoms with E-state index in [1.54, 1.807) is 48.8 Å². The number of imide groups is 1.